The van der Waals surface area contributed by atoms with Gasteiger partial charge in [-0.1, -0.05) is 6.07 Å². The largest absolute Gasteiger partial charge is 0.493 e. The molecule has 1 aliphatic rings. The van der Waals surface area contributed by atoms with Gasteiger partial charge < -0.3 is 10.1 Å². The molecule has 0 amide bonds. The van der Waals surface area contributed by atoms with Crippen LogP contribution in [0.4, 0.5) is 13.2 Å². The smallest absolute Gasteiger partial charge is 0.416 e. The number of hydrogen-bond acceptors (Lipinski definition) is 3. The molecule has 0 radical (unpaired) electrons. The lowest BCUT2D eigenvalue weighted by atomic mass is 10.1. The maximum Gasteiger partial charge on any atom is 0.416 e. The molecule has 23 heavy (non-hydrogen) atoms. The number of ether oxygens (including phenoxy) is 1. The molecule has 0 unspecified atom stereocenters. The molecular weight excluding hydrogens is 307 g/mol. The molecule has 124 valence electrons. The van der Waals surface area contributed by atoms with E-state index >= 15 is 0 Å². The van der Waals surface area contributed by atoms with Gasteiger partial charge in [0.15, 0.2) is 0 Å². The molecule has 0 saturated carbocycles. The van der Waals surface area contributed by atoms with Crippen LogP contribution in [0.1, 0.15) is 35.8 Å². The molecule has 7 heteroatoms. The van der Waals surface area contributed by atoms with Gasteiger partial charge in [-0.05, 0) is 43.7 Å². The molecule has 0 aliphatic carbocycles. The van der Waals surface area contributed by atoms with E-state index in [0.717, 1.165) is 42.9 Å². The molecule has 0 spiro atoms. The fourth-order valence-corrected chi connectivity index (χ4v) is 2.66. The third-order valence-corrected chi connectivity index (χ3v) is 3.87. The summed E-state index contributed by atoms with van der Waals surface area (Å²) in [7, 11) is 0. The fourth-order valence-electron chi connectivity index (χ4n) is 2.66. The Bertz CT molecular complexity index is 648. The van der Waals surface area contributed by atoms with Crippen LogP contribution in [0.2, 0.25) is 0 Å². The Morgan fingerprint density at radius 1 is 1.26 bits per heavy atom. The van der Waals surface area contributed by atoms with Crippen molar-refractivity contribution >= 4 is 0 Å². The SMILES string of the molecule is FC(F)(F)c1cccc(OCCc2cc([C@H]3CCCN3)n[nH]2)c1. The highest BCUT2D eigenvalue weighted by atomic mass is 19.4. The standard InChI is InChI=1S/C16H18F3N3O/c17-16(18,19)11-3-1-4-13(9-11)23-8-6-12-10-15(22-21-12)14-5-2-7-20-14/h1,3-4,9-10,14,20H,2,5-8H2,(H,21,22)/t14-/m1/s1. The Hall–Kier alpha value is -2.02. The minimum atomic E-state index is -4.36. The predicted octanol–water partition coefficient (Wildman–Crippen LogP) is 3.47. The number of benzene rings is 1. The number of rotatable bonds is 5. The van der Waals surface area contributed by atoms with Crippen LogP contribution in [0.5, 0.6) is 5.75 Å². The lowest BCUT2D eigenvalue weighted by Crippen LogP contribution is -2.13. The average Bonchev–Trinajstić information content (AvgIpc) is 3.18. The fraction of sp³-hybridized carbons (Fsp3) is 0.438. The molecular formula is C16H18F3N3O. The van der Waals surface area contributed by atoms with Crippen LogP contribution in [0.3, 0.4) is 0 Å². The van der Waals surface area contributed by atoms with Gasteiger partial charge in [-0.3, -0.25) is 5.10 Å². The Balaban J connectivity index is 1.53. The number of alkyl halides is 3. The quantitative estimate of drug-likeness (QED) is 0.885. The van der Waals surface area contributed by atoms with E-state index in [9.17, 15) is 13.2 Å². The van der Waals surface area contributed by atoms with E-state index in [-0.39, 0.29) is 5.75 Å². The van der Waals surface area contributed by atoms with E-state index in [1.165, 1.54) is 12.1 Å². The summed E-state index contributed by atoms with van der Waals surface area (Å²) in [6.45, 7) is 1.30. The van der Waals surface area contributed by atoms with Crippen molar-refractivity contribution in [2.24, 2.45) is 0 Å². The van der Waals surface area contributed by atoms with Crippen LogP contribution in [-0.4, -0.2) is 23.3 Å². The van der Waals surface area contributed by atoms with Gasteiger partial charge in [0.25, 0.3) is 0 Å². The minimum absolute atomic E-state index is 0.219. The van der Waals surface area contributed by atoms with Crippen molar-refractivity contribution in [2.75, 3.05) is 13.2 Å². The topological polar surface area (TPSA) is 49.9 Å². The highest BCUT2D eigenvalue weighted by molar-refractivity contribution is 5.30. The number of halogens is 3. The number of H-pyrrole nitrogens is 1. The number of hydrogen-bond donors (Lipinski definition) is 2. The van der Waals surface area contributed by atoms with E-state index in [2.05, 4.69) is 15.5 Å². The summed E-state index contributed by atoms with van der Waals surface area (Å²) in [5, 5.41) is 10.6. The third-order valence-electron chi connectivity index (χ3n) is 3.87. The first-order valence-electron chi connectivity index (χ1n) is 7.60. The molecule has 3 rings (SSSR count). The maximum atomic E-state index is 12.6. The second-order valence-corrected chi connectivity index (χ2v) is 5.59. The Kier molecular flexibility index (Phi) is 4.56. The molecule has 4 nitrogen and oxygen atoms in total. The number of aromatic amines is 1. The van der Waals surface area contributed by atoms with Crippen LogP contribution >= 0.6 is 0 Å². The molecule has 2 N–H and O–H groups in total. The van der Waals surface area contributed by atoms with Crippen LogP contribution < -0.4 is 10.1 Å². The van der Waals surface area contributed by atoms with E-state index in [1.54, 1.807) is 0 Å². The van der Waals surface area contributed by atoms with Crippen molar-refractivity contribution in [3.8, 4) is 5.75 Å². The van der Waals surface area contributed by atoms with Gasteiger partial charge in [-0.15, -0.1) is 0 Å². The van der Waals surface area contributed by atoms with Crippen molar-refractivity contribution in [3.05, 3.63) is 47.3 Å². The summed E-state index contributed by atoms with van der Waals surface area (Å²) in [4.78, 5) is 0. The number of aromatic nitrogens is 2. The molecule has 2 aromatic rings. The highest BCUT2D eigenvalue weighted by Crippen LogP contribution is 2.31. The second-order valence-electron chi connectivity index (χ2n) is 5.59. The summed E-state index contributed by atoms with van der Waals surface area (Å²) in [5.41, 5.74) is 1.20. The predicted molar refractivity (Wildman–Crippen MR) is 79.2 cm³/mol. The molecule has 1 saturated heterocycles. The van der Waals surface area contributed by atoms with Gasteiger partial charge in [0.2, 0.25) is 0 Å². The van der Waals surface area contributed by atoms with Gasteiger partial charge in [0.05, 0.1) is 23.9 Å². The Morgan fingerprint density at radius 3 is 2.87 bits per heavy atom. The first kappa shape index (κ1) is 15.9. The first-order chi connectivity index (χ1) is 11.0. The van der Waals surface area contributed by atoms with Crippen LogP contribution in [-0.2, 0) is 12.6 Å². The Morgan fingerprint density at radius 2 is 2.13 bits per heavy atom. The van der Waals surface area contributed by atoms with Crippen molar-refractivity contribution in [1.82, 2.24) is 15.5 Å². The van der Waals surface area contributed by atoms with Crippen molar-refractivity contribution in [1.29, 1.82) is 0 Å². The van der Waals surface area contributed by atoms with Crippen molar-refractivity contribution < 1.29 is 17.9 Å². The third kappa shape index (κ3) is 4.04. The zero-order valence-corrected chi connectivity index (χ0v) is 12.5. The van der Waals surface area contributed by atoms with Gasteiger partial charge in [-0.2, -0.15) is 18.3 Å². The molecule has 1 fully saturated rings. The summed E-state index contributed by atoms with van der Waals surface area (Å²) in [6.07, 6.45) is -1.57. The first-order valence-corrected chi connectivity index (χ1v) is 7.60. The van der Waals surface area contributed by atoms with Gasteiger partial charge in [0, 0.05) is 12.1 Å². The van der Waals surface area contributed by atoms with Crippen molar-refractivity contribution in [3.63, 3.8) is 0 Å². The molecule has 1 aliphatic heterocycles. The highest BCUT2D eigenvalue weighted by Gasteiger charge is 2.30. The van der Waals surface area contributed by atoms with E-state index in [0.29, 0.717) is 19.1 Å². The lowest BCUT2D eigenvalue weighted by molar-refractivity contribution is -0.137. The molecule has 1 aromatic heterocycles. The van der Waals surface area contributed by atoms with E-state index in [1.807, 2.05) is 6.07 Å². The van der Waals surface area contributed by atoms with E-state index in [4.69, 9.17) is 4.74 Å². The molecule has 1 atom stereocenters. The van der Waals surface area contributed by atoms with Crippen molar-refractivity contribution in [2.45, 2.75) is 31.5 Å². The lowest BCUT2D eigenvalue weighted by Gasteiger charge is -2.09. The van der Waals surface area contributed by atoms with Crippen LogP contribution in [0.25, 0.3) is 0 Å². The second kappa shape index (κ2) is 6.62. The zero-order chi connectivity index (χ0) is 16.3. The van der Waals surface area contributed by atoms with Gasteiger partial charge in [0.1, 0.15) is 5.75 Å². The molecule has 2 heterocycles. The number of nitrogens with zero attached hydrogens (tertiary/aromatic N) is 1. The summed E-state index contributed by atoms with van der Waals surface area (Å²) in [5.74, 6) is 0.219. The maximum absolute atomic E-state index is 12.6. The molecule has 1 aromatic carbocycles. The normalized spacial score (nSPS) is 18.3. The number of nitrogens with one attached hydrogen (secondary N) is 2. The van der Waals surface area contributed by atoms with Crippen LogP contribution in [0.15, 0.2) is 30.3 Å². The van der Waals surface area contributed by atoms with Crippen LogP contribution in [0, 0.1) is 0 Å². The molecule has 0 bridgehead atoms. The van der Waals surface area contributed by atoms with E-state index < -0.39 is 11.7 Å². The summed E-state index contributed by atoms with van der Waals surface area (Å²) in [6, 6.07) is 7.19. The summed E-state index contributed by atoms with van der Waals surface area (Å²) >= 11 is 0. The average molecular weight is 325 g/mol. The monoisotopic (exact) mass is 325 g/mol. The Labute approximate surface area is 132 Å². The minimum Gasteiger partial charge on any atom is -0.493 e. The van der Waals surface area contributed by atoms with Gasteiger partial charge in [-0.25, -0.2) is 0 Å². The van der Waals surface area contributed by atoms with Gasteiger partial charge >= 0.3 is 6.18 Å². The zero-order valence-electron chi connectivity index (χ0n) is 12.5. The summed E-state index contributed by atoms with van der Waals surface area (Å²) < 4.78 is 43.3.